The van der Waals surface area contributed by atoms with Crippen molar-refractivity contribution in [3.8, 4) is 5.75 Å². The van der Waals surface area contributed by atoms with Crippen molar-refractivity contribution in [3.05, 3.63) is 59.4 Å². The zero-order valence-electron chi connectivity index (χ0n) is 13.5. The summed E-state index contributed by atoms with van der Waals surface area (Å²) in [5, 5.41) is 20.1. The van der Waals surface area contributed by atoms with Gasteiger partial charge in [-0.2, -0.15) is 0 Å². The molecule has 0 unspecified atom stereocenters. The minimum absolute atomic E-state index is 0.194. The molecule has 0 bridgehead atoms. The van der Waals surface area contributed by atoms with E-state index < -0.39 is 5.60 Å². The van der Waals surface area contributed by atoms with E-state index in [2.05, 4.69) is 22.0 Å². The monoisotopic (exact) mass is 300 g/mol. The molecular formula is C18H24N2O2. The van der Waals surface area contributed by atoms with Crippen molar-refractivity contribution >= 4 is 0 Å². The predicted molar refractivity (Wildman–Crippen MR) is 87.5 cm³/mol. The average Bonchev–Trinajstić information content (AvgIpc) is 2.42. The van der Waals surface area contributed by atoms with Crippen LogP contribution in [-0.4, -0.2) is 32.2 Å². The summed E-state index contributed by atoms with van der Waals surface area (Å²) < 4.78 is 0. The molecule has 0 fully saturated rings. The molecule has 2 rings (SSSR count). The van der Waals surface area contributed by atoms with Crippen molar-refractivity contribution in [2.45, 2.75) is 39.5 Å². The van der Waals surface area contributed by atoms with Crippen LogP contribution in [0.4, 0.5) is 0 Å². The zero-order valence-corrected chi connectivity index (χ0v) is 13.5. The summed E-state index contributed by atoms with van der Waals surface area (Å²) in [4.78, 5) is 6.50. The third kappa shape index (κ3) is 5.13. The summed E-state index contributed by atoms with van der Waals surface area (Å²) in [6.07, 6.45) is 0. The molecule has 0 aliphatic carbocycles. The quantitative estimate of drug-likeness (QED) is 0.861. The molecule has 22 heavy (non-hydrogen) atoms. The molecule has 1 heterocycles. The van der Waals surface area contributed by atoms with Gasteiger partial charge in [-0.3, -0.25) is 9.88 Å². The molecule has 0 saturated carbocycles. The highest BCUT2D eigenvalue weighted by Crippen LogP contribution is 2.19. The molecule has 0 atom stereocenters. The third-order valence-corrected chi connectivity index (χ3v) is 3.32. The lowest BCUT2D eigenvalue weighted by Crippen LogP contribution is -2.38. The molecule has 0 aliphatic rings. The molecule has 118 valence electrons. The molecule has 0 aliphatic heterocycles. The Hall–Kier alpha value is -1.91. The van der Waals surface area contributed by atoms with Crippen molar-refractivity contribution in [2.24, 2.45) is 0 Å². The number of aromatic hydroxyl groups is 1. The number of hydrogen-bond donors (Lipinski definition) is 2. The van der Waals surface area contributed by atoms with Crippen molar-refractivity contribution < 1.29 is 10.2 Å². The molecule has 0 amide bonds. The van der Waals surface area contributed by atoms with E-state index in [4.69, 9.17) is 0 Å². The highest BCUT2D eigenvalue weighted by Gasteiger charge is 2.20. The van der Waals surface area contributed by atoms with Crippen LogP contribution in [0.1, 0.15) is 30.8 Å². The summed E-state index contributed by atoms with van der Waals surface area (Å²) in [5.41, 5.74) is 1.86. The van der Waals surface area contributed by atoms with Gasteiger partial charge in [-0.25, -0.2) is 0 Å². The summed E-state index contributed by atoms with van der Waals surface area (Å²) >= 11 is 0. The molecule has 0 spiro atoms. The van der Waals surface area contributed by atoms with Crippen molar-refractivity contribution in [1.29, 1.82) is 0 Å². The van der Waals surface area contributed by atoms with Gasteiger partial charge in [0.15, 0.2) is 0 Å². The van der Waals surface area contributed by atoms with Crippen LogP contribution in [0.15, 0.2) is 42.5 Å². The molecule has 0 radical (unpaired) electrons. The van der Waals surface area contributed by atoms with Gasteiger partial charge in [0.1, 0.15) is 5.75 Å². The molecular weight excluding hydrogens is 276 g/mol. The van der Waals surface area contributed by atoms with Gasteiger partial charge >= 0.3 is 0 Å². The van der Waals surface area contributed by atoms with Crippen LogP contribution in [0, 0.1) is 6.92 Å². The van der Waals surface area contributed by atoms with Crippen LogP contribution >= 0.6 is 0 Å². The molecule has 0 saturated heterocycles. The summed E-state index contributed by atoms with van der Waals surface area (Å²) in [6, 6.07) is 13.6. The van der Waals surface area contributed by atoms with Crippen LogP contribution in [0.25, 0.3) is 0 Å². The normalized spacial score (nSPS) is 11.9. The maximum Gasteiger partial charge on any atom is 0.138 e. The largest absolute Gasteiger partial charge is 0.506 e. The number of aliphatic hydroxyl groups is 1. The van der Waals surface area contributed by atoms with Gasteiger partial charge in [0, 0.05) is 25.3 Å². The first kappa shape index (κ1) is 16.5. The minimum Gasteiger partial charge on any atom is -0.506 e. The average molecular weight is 300 g/mol. The standard InChI is InChI=1S/C18H24N2O2/c1-14-9-10-17(21)16(19-14)12-20(13-18(2,3)22)11-15-7-5-4-6-8-15/h4-10,21-22H,11-13H2,1-3H3. The topological polar surface area (TPSA) is 56.6 Å². The second-order valence-electron chi connectivity index (χ2n) is 6.36. The third-order valence-electron chi connectivity index (χ3n) is 3.32. The van der Waals surface area contributed by atoms with Crippen LogP contribution < -0.4 is 0 Å². The van der Waals surface area contributed by atoms with Crippen LogP contribution in [0.3, 0.4) is 0 Å². The number of nitrogens with zero attached hydrogens (tertiary/aromatic N) is 2. The maximum absolute atomic E-state index is 10.1. The van der Waals surface area contributed by atoms with E-state index >= 15 is 0 Å². The lowest BCUT2D eigenvalue weighted by atomic mass is 10.1. The molecule has 2 N–H and O–H groups in total. The molecule has 4 nitrogen and oxygen atoms in total. The second-order valence-corrected chi connectivity index (χ2v) is 6.36. The predicted octanol–water partition coefficient (Wildman–Crippen LogP) is 2.87. The Morgan fingerprint density at radius 3 is 2.36 bits per heavy atom. The van der Waals surface area contributed by atoms with Gasteiger partial charge < -0.3 is 10.2 Å². The fraction of sp³-hybridized carbons (Fsp3) is 0.389. The minimum atomic E-state index is -0.811. The van der Waals surface area contributed by atoms with Gasteiger partial charge in [0.25, 0.3) is 0 Å². The van der Waals surface area contributed by atoms with Crippen molar-refractivity contribution in [3.63, 3.8) is 0 Å². The van der Waals surface area contributed by atoms with Crippen molar-refractivity contribution in [1.82, 2.24) is 9.88 Å². The van der Waals surface area contributed by atoms with E-state index in [1.807, 2.05) is 25.1 Å². The number of hydrogen-bond acceptors (Lipinski definition) is 4. The number of rotatable bonds is 6. The number of aromatic nitrogens is 1. The van der Waals surface area contributed by atoms with Gasteiger partial charge in [-0.15, -0.1) is 0 Å². The van der Waals surface area contributed by atoms with E-state index in [0.717, 1.165) is 5.69 Å². The Morgan fingerprint density at radius 1 is 1.05 bits per heavy atom. The van der Waals surface area contributed by atoms with Gasteiger partial charge in [0.05, 0.1) is 11.3 Å². The molecule has 1 aromatic carbocycles. The Bertz CT molecular complexity index is 606. The molecule has 2 aromatic rings. The number of aryl methyl sites for hydroxylation is 1. The first-order valence-corrected chi connectivity index (χ1v) is 7.48. The first-order valence-electron chi connectivity index (χ1n) is 7.48. The lowest BCUT2D eigenvalue weighted by Gasteiger charge is -2.29. The fourth-order valence-electron chi connectivity index (χ4n) is 2.49. The Morgan fingerprint density at radius 2 is 1.73 bits per heavy atom. The number of pyridine rings is 1. The van der Waals surface area contributed by atoms with Gasteiger partial charge in [0.2, 0.25) is 0 Å². The first-order chi connectivity index (χ1) is 10.3. The summed E-state index contributed by atoms with van der Waals surface area (Å²) in [6.45, 7) is 7.16. The highest BCUT2D eigenvalue weighted by molar-refractivity contribution is 5.27. The molecule has 1 aromatic heterocycles. The zero-order chi connectivity index (χ0) is 16.2. The second kappa shape index (κ2) is 6.90. The summed E-state index contributed by atoms with van der Waals surface area (Å²) in [5.74, 6) is 0.194. The van der Waals surface area contributed by atoms with Crippen LogP contribution in [0.5, 0.6) is 5.75 Å². The van der Waals surface area contributed by atoms with Gasteiger partial charge in [-0.1, -0.05) is 30.3 Å². The lowest BCUT2D eigenvalue weighted by molar-refractivity contribution is 0.0300. The SMILES string of the molecule is Cc1ccc(O)c(CN(Cc2ccccc2)CC(C)(C)O)n1. The molecule has 4 heteroatoms. The number of benzene rings is 1. The fourth-order valence-corrected chi connectivity index (χ4v) is 2.49. The van der Waals surface area contributed by atoms with E-state index in [9.17, 15) is 10.2 Å². The smallest absolute Gasteiger partial charge is 0.138 e. The highest BCUT2D eigenvalue weighted by atomic mass is 16.3. The van der Waals surface area contributed by atoms with Crippen LogP contribution in [-0.2, 0) is 13.1 Å². The Balaban J connectivity index is 2.18. The van der Waals surface area contributed by atoms with E-state index in [-0.39, 0.29) is 5.75 Å². The van der Waals surface area contributed by atoms with Crippen LogP contribution in [0.2, 0.25) is 0 Å². The Labute approximate surface area is 132 Å². The maximum atomic E-state index is 10.1. The van der Waals surface area contributed by atoms with E-state index in [0.29, 0.717) is 25.3 Å². The summed E-state index contributed by atoms with van der Waals surface area (Å²) in [7, 11) is 0. The van der Waals surface area contributed by atoms with Crippen molar-refractivity contribution in [2.75, 3.05) is 6.54 Å². The van der Waals surface area contributed by atoms with E-state index in [1.165, 1.54) is 5.56 Å². The Kier molecular flexibility index (Phi) is 5.16. The van der Waals surface area contributed by atoms with Gasteiger partial charge in [-0.05, 0) is 38.5 Å². The van der Waals surface area contributed by atoms with E-state index in [1.54, 1.807) is 26.0 Å².